The molecule has 1 aliphatic heterocycles. The first kappa shape index (κ1) is 18.3. The second kappa shape index (κ2) is 7.03. The highest BCUT2D eigenvalue weighted by Gasteiger charge is 2.27. The molecule has 0 aromatic carbocycles. The van der Waals surface area contributed by atoms with E-state index in [2.05, 4.69) is 41.8 Å². The highest BCUT2D eigenvalue weighted by molar-refractivity contribution is 9.11. The minimum Gasteiger partial charge on any atom is -0.338 e. The zero-order valence-electron chi connectivity index (χ0n) is 14.7. The molecular weight excluding hydrogens is 402 g/mol. The van der Waals surface area contributed by atoms with E-state index in [-0.39, 0.29) is 22.9 Å². The first-order chi connectivity index (χ1) is 11.8. The van der Waals surface area contributed by atoms with Gasteiger partial charge >= 0.3 is 0 Å². The van der Waals surface area contributed by atoms with Crippen molar-refractivity contribution in [2.24, 2.45) is 0 Å². The summed E-state index contributed by atoms with van der Waals surface area (Å²) in [7, 11) is 0. The Morgan fingerprint density at radius 3 is 2.44 bits per heavy atom. The van der Waals surface area contributed by atoms with E-state index in [4.69, 9.17) is 0 Å². The predicted octanol–water partition coefficient (Wildman–Crippen LogP) is 3.84. The maximum atomic E-state index is 12.5. The van der Waals surface area contributed by atoms with Crippen LogP contribution in [-0.4, -0.2) is 33.7 Å². The maximum Gasteiger partial charge on any atom is 0.267 e. The third kappa shape index (κ3) is 4.03. The van der Waals surface area contributed by atoms with Gasteiger partial charge in [0, 0.05) is 24.6 Å². The van der Waals surface area contributed by atoms with E-state index in [0.717, 1.165) is 27.2 Å². The molecule has 1 saturated heterocycles. The topological polar surface area (TPSA) is 55.2 Å². The first-order valence-corrected chi connectivity index (χ1v) is 10.0. The molecule has 5 nitrogen and oxygen atoms in total. The van der Waals surface area contributed by atoms with Gasteiger partial charge in [-0.3, -0.25) is 9.59 Å². The van der Waals surface area contributed by atoms with E-state index in [1.807, 2.05) is 23.1 Å². The van der Waals surface area contributed by atoms with Gasteiger partial charge in [-0.2, -0.15) is 5.10 Å². The Bertz CT molecular complexity index is 829. The van der Waals surface area contributed by atoms with E-state index >= 15 is 0 Å². The van der Waals surface area contributed by atoms with Crippen LogP contribution in [0.2, 0.25) is 0 Å². The number of likely N-dealkylation sites (tertiary alicyclic amines) is 1. The molecule has 3 heterocycles. The monoisotopic (exact) mass is 423 g/mol. The number of hydrogen-bond acceptors (Lipinski definition) is 4. The summed E-state index contributed by atoms with van der Waals surface area (Å²) < 4.78 is 2.57. The Kier molecular flexibility index (Phi) is 5.16. The van der Waals surface area contributed by atoms with Crippen molar-refractivity contribution >= 4 is 33.2 Å². The molecule has 0 bridgehead atoms. The molecule has 134 valence electrons. The van der Waals surface area contributed by atoms with Crippen LogP contribution < -0.4 is 5.56 Å². The third-order valence-electron chi connectivity index (χ3n) is 4.48. The first-order valence-electron chi connectivity index (χ1n) is 8.40. The van der Waals surface area contributed by atoms with Crippen molar-refractivity contribution in [3.63, 3.8) is 0 Å². The number of aromatic nitrogens is 2. The molecule has 25 heavy (non-hydrogen) atoms. The highest BCUT2D eigenvalue weighted by Crippen LogP contribution is 2.27. The van der Waals surface area contributed by atoms with Gasteiger partial charge in [0.25, 0.3) is 11.5 Å². The number of thiophene rings is 1. The summed E-state index contributed by atoms with van der Waals surface area (Å²) in [6.45, 7) is 7.56. The molecule has 7 heteroatoms. The Morgan fingerprint density at radius 1 is 1.20 bits per heavy atom. The summed E-state index contributed by atoms with van der Waals surface area (Å²) in [5, 5.41) is 4.60. The molecule has 3 rings (SSSR count). The second-order valence-electron chi connectivity index (χ2n) is 7.38. The molecule has 2 aromatic rings. The highest BCUT2D eigenvalue weighted by atomic mass is 79.9. The average Bonchev–Trinajstić information content (AvgIpc) is 3.00. The molecule has 0 aliphatic carbocycles. The largest absolute Gasteiger partial charge is 0.338 e. The Labute approximate surface area is 159 Å². The van der Waals surface area contributed by atoms with Gasteiger partial charge in [-0.1, -0.05) is 20.8 Å². The van der Waals surface area contributed by atoms with Crippen molar-refractivity contribution in [3.8, 4) is 0 Å². The van der Waals surface area contributed by atoms with Crippen LogP contribution >= 0.6 is 27.3 Å². The lowest BCUT2D eigenvalue weighted by Gasteiger charge is -2.32. The summed E-state index contributed by atoms with van der Waals surface area (Å²) in [5.41, 5.74) is 0.743. The number of halogens is 1. The van der Waals surface area contributed by atoms with Crippen LogP contribution in [-0.2, 0) is 5.41 Å². The Morgan fingerprint density at radius 2 is 1.88 bits per heavy atom. The van der Waals surface area contributed by atoms with Crippen LogP contribution in [0.4, 0.5) is 0 Å². The lowest BCUT2D eigenvalue weighted by molar-refractivity contribution is 0.0692. The van der Waals surface area contributed by atoms with E-state index in [0.29, 0.717) is 13.1 Å². The van der Waals surface area contributed by atoms with Crippen molar-refractivity contribution in [3.05, 3.63) is 49.0 Å². The zero-order valence-corrected chi connectivity index (χ0v) is 17.1. The molecule has 2 aromatic heterocycles. The van der Waals surface area contributed by atoms with E-state index in [1.54, 1.807) is 10.7 Å². The fourth-order valence-electron chi connectivity index (χ4n) is 2.99. The average molecular weight is 424 g/mol. The van der Waals surface area contributed by atoms with Gasteiger partial charge in [0.15, 0.2) is 0 Å². The second-order valence-corrected chi connectivity index (χ2v) is 9.84. The van der Waals surface area contributed by atoms with Crippen LogP contribution in [0.15, 0.2) is 32.8 Å². The van der Waals surface area contributed by atoms with Gasteiger partial charge in [-0.15, -0.1) is 11.3 Å². The maximum absolute atomic E-state index is 12.5. The van der Waals surface area contributed by atoms with Gasteiger partial charge in [-0.25, -0.2) is 4.68 Å². The fourth-order valence-corrected chi connectivity index (χ4v) is 4.34. The number of carbonyl (C=O) groups is 1. The molecular formula is C18H22BrN3O2S. The summed E-state index contributed by atoms with van der Waals surface area (Å²) in [6, 6.07) is 7.21. The fraction of sp³-hybridized carbons (Fsp3) is 0.500. The quantitative estimate of drug-likeness (QED) is 0.736. The zero-order chi connectivity index (χ0) is 18.2. The molecule has 0 N–H and O–H groups in total. The summed E-state index contributed by atoms with van der Waals surface area (Å²) in [5.74, 6) is 0.0675. The van der Waals surface area contributed by atoms with Gasteiger partial charge < -0.3 is 4.90 Å². The van der Waals surface area contributed by atoms with Crippen LogP contribution in [0.5, 0.6) is 0 Å². The lowest BCUT2D eigenvalue weighted by Crippen LogP contribution is -2.41. The minimum atomic E-state index is -0.0985. The van der Waals surface area contributed by atoms with Crippen LogP contribution in [0.3, 0.4) is 0 Å². The van der Waals surface area contributed by atoms with Crippen molar-refractivity contribution in [1.82, 2.24) is 14.7 Å². The van der Waals surface area contributed by atoms with Crippen LogP contribution in [0, 0.1) is 0 Å². The lowest BCUT2D eigenvalue weighted by atomic mass is 9.92. The van der Waals surface area contributed by atoms with E-state index < -0.39 is 0 Å². The smallest absolute Gasteiger partial charge is 0.267 e. The standard InChI is InChI=1S/C18H22BrN3O2S/c1-18(2,3)14-5-7-16(23)22(20-14)12-8-10-21(11-9-12)17(24)13-4-6-15(19)25-13/h4-7,12H,8-11H2,1-3H3. The molecule has 1 aliphatic rings. The molecule has 1 amide bonds. The summed E-state index contributed by atoms with van der Waals surface area (Å²) in [6.07, 6.45) is 1.50. The predicted molar refractivity (Wildman–Crippen MR) is 103 cm³/mol. The van der Waals surface area contributed by atoms with E-state index in [1.165, 1.54) is 11.3 Å². The molecule has 1 fully saturated rings. The number of nitrogens with zero attached hydrogens (tertiary/aromatic N) is 3. The normalized spacial score (nSPS) is 16.2. The minimum absolute atomic E-state index is 0.0499. The van der Waals surface area contributed by atoms with Gasteiger partial charge in [0.1, 0.15) is 0 Å². The Balaban J connectivity index is 1.72. The van der Waals surface area contributed by atoms with E-state index in [9.17, 15) is 9.59 Å². The summed E-state index contributed by atoms with van der Waals surface area (Å²) >= 11 is 4.85. The molecule has 0 radical (unpaired) electrons. The SMILES string of the molecule is CC(C)(C)c1ccc(=O)n(C2CCN(C(=O)c3ccc(Br)s3)CC2)n1. The van der Waals surface area contributed by atoms with Crippen LogP contribution in [0.25, 0.3) is 0 Å². The van der Waals surface area contributed by atoms with Gasteiger partial charge in [0.05, 0.1) is 20.4 Å². The Hall–Kier alpha value is -1.47. The third-order valence-corrected chi connectivity index (χ3v) is 6.09. The van der Waals surface area contributed by atoms with Crippen molar-refractivity contribution in [2.75, 3.05) is 13.1 Å². The molecule has 0 spiro atoms. The van der Waals surface area contributed by atoms with Crippen LogP contribution in [0.1, 0.15) is 55.0 Å². The number of rotatable bonds is 2. The van der Waals surface area contributed by atoms with Crippen molar-refractivity contribution < 1.29 is 4.79 Å². The van der Waals surface area contributed by atoms with Gasteiger partial charge in [-0.05, 0) is 47.0 Å². The number of amides is 1. The van der Waals surface area contributed by atoms with Gasteiger partial charge in [0.2, 0.25) is 0 Å². The van der Waals surface area contributed by atoms with Crippen molar-refractivity contribution in [2.45, 2.75) is 45.1 Å². The number of piperidine rings is 1. The molecule has 0 unspecified atom stereocenters. The number of hydrogen-bond donors (Lipinski definition) is 0. The van der Waals surface area contributed by atoms with Crippen molar-refractivity contribution in [1.29, 1.82) is 0 Å². The molecule has 0 saturated carbocycles. The number of carbonyl (C=O) groups excluding carboxylic acids is 1. The summed E-state index contributed by atoms with van der Waals surface area (Å²) in [4.78, 5) is 27.4. The molecule has 0 atom stereocenters.